The lowest BCUT2D eigenvalue weighted by Gasteiger charge is -2.22. The van der Waals surface area contributed by atoms with Gasteiger partial charge in [-0.25, -0.2) is 0 Å². The summed E-state index contributed by atoms with van der Waals surface area (Å²) in [5, 5.41) is 9.27. The van der Waals surface area contributed by atoms with Gasteiger partial charge >= 0.3 is 0 Å². The molecule has 0 aromatic heterocycles. The van der Waals surface area contributed by atoms with Crippen molar-refractivity contribution in [3.05, 3.63) is 23.8 Å². The third kappa shape index (κ3) is 3.41. The third-order valence-electron chi connectivity index (χ3n) is 3.72. The molecule has 0 heterocycles. The summed E-state index contributed by atoms with van der Waals surface area (Å²) in [6.45, 7) is 2.02. The second-order valence-electron chi connectivity index (χ2n) is 5.18. The molecule has 0 bridgehead atoms. The highest BCUT2D eigenvalue weighted by molar-refractivity contribution is 5.42. The van der Waals surface area contributed by atoms with Crippen LogP contribution in [0, 0.1) is 24.2 Å². The molecule has 0 aliphatic heterocycles. The summed E-state index contributed by atoms with van der Waals surface area (Å²) in [7, 11) is 1.65. The van der Waals surface area contributed by atoms with Crippen LogP contribution in [-0.4, -0.2) is 13.2 Å². The topological polar surface area (TPSA) is 42.2 Å². The van der Waals surface area contributed by atoms with Crippen molar-refractivity contribution in [2.45, 2.75) is 45.1 Å². The Balaban J connectivity index is 2.16. The monoisotopic (exact) mass is 259 g/mol. The van der Waals surface area contributed by atoms with E-state index in [0.29, 0.717) is 0 Å². The third-order valence-corrected chi connectivity index (χ3v) is 3.72. The lowest BCUT2D eigenvalue weighted by atomic mass is 9.99. The van der Waals surface area contributed by atoms with E-state index >= 15 is 0 Å². The van der Waals surface area contributed by atoms with Gasteiger partial charge in [0, 0.05) is 0 Å². The van der Waals surface area contributed by atoms with E-state index in [1.165, 1.54) is 6.42 Å². The van der Waals surface area contributed by atoms with Crippen LogP contribution >= 0.6 is 0 Å². The van der Waals surface area contributed by atoms with Crippen LogP contribution < -0.4 is 9.47 Å². The van der Waals surface area contributed by atoms with Gasteiger partial charge in [0.25, 0.3) is 0 Å². The van der Waals surface area contributed by atoms with Gasteiger partial charge in [0.05, 0.1) is 19.1 Å². The number of hydrogen-bond acceptors (Lipinski definition) is 3. The maximum atomic E-state index is 9.27. The number of nitrogens with zero attached hydrogens (tertiary/aromatic N) is 1. The normalized spacial score (nSPS) is 23.2. The molecule has 0 radical (unpaired) electrons. The number of ether oxygens (including phenoxy) is 2. The molecule has 1 aliphatic carbocycles. The minimum atomic E-state index is -0.0101. The fourth-order valence-electron chi connectivity index (χ4n) is 2.60. The van der Waals surface area contributed by atoms with Crippen molar-refractivity contribution in [2.75, 3.05) is 7.11 Å². The van der Waals surface area contributed by atoms with Crippen LogP contribution in [0.25, 0.3) is 0 Å². The Morgan fingerprint density at radius 3 is 2.68 bits per heavy atom. The maximum Gasteiger partial charge on any atom is 0.161 e. The molecule has 3 nitrogen and oxygen atoms in total. The van der Waals surface area contributed by atoms with E-state index in [1.54, 1.807) is 7.11 Å². The maximum absolute atomic E-state index is 9.27. The summed E-state index contributed by atoms with van der Waals surface area (Å²) in [6.07, 6.45) is 5.34. The molecule has 0 amide bonds. The smallest absolute Gasteiger partial charge is 0.161 e. The van der Waals surface area contributed by atoms with Gasteiger partial charge in [-0.3, -0.25) is 0 Å². The average Bonchev–Trinajstić information content (AvgIpc) is 2.65. The van der Waals surface area contributed by atoms with Crippen molar-refractivity contribution in [3.63, 3.8) is 0 Å². The molecule has 19 heavy (non-hydrogen) atoms. The van der Waals surface area contributed by atoms with Crippen molar-refractivity contribution >= 4 is 0 Å². The molecule has 2 rings (SSSR count). The molecule has 1 aliphatic rings. The summed E-state index contributed by atoms with van der Waals surface area (Å²) in [5.74, 6) is 1.50. The first-order valence-electron chi connectivity index (χ1n) is 6.95. The van der Waals surface area contributed by atoms with E-state index in [2.05, 4.69) is 6.07 Å². The van der Waals surface area contributed by atoms with Crippen LogP contribution in [0.1, 0.15) is 37.7 Å². The Kier molecular flexibility index (Phi) is 4.68. The first-order chi connectivity index (χ1) is 9.24. The Hall–Kier alpha value is -1.69. The zero-order valence-corrected chi connectivity index (χ0v) is 11.7. The number of methoxy groups -OCH3 is 1. The highest BCUT2D eigenvalue weighted by Crippen LogP contribution is 2.33. The molecule has 2 atom stereocenters. The highest BCUT2D eigenvalue weighted by Gasteiger charge is 2.26. The summed E-state index contributed by atoms with van der Waals surface area (Å²) in [5.41, 5.74) is 1.14. The minimum absolute atomic E-state index is 0.00601. The lowest BCUT2D eigenvalue weighted by molar-refractivity contribution is 0.146. The Morgan fingerprint density at radius 2 is 1.95 bits per heavy atom. The number of aryl methyl sites for hydroxylation is 1. The molecule has 102 valence electrons. The van der Waals surface area contributed by atoms with Crippen molar-refractivity contribution in [1.82, 2.24) is 0 Å². The summed E-state index contributed by atoms with van der Waals surface area (Å²) >= 11 is 0. The first kappa shape index (κ1) is 13.7. The number of benzene rings is 1. The van der Waals surface area contributed by atoms with Crippen LogP contribution in [0.5, 0.6) is 11.5 Å². The Morgan fingerprint density at radius 1 is 1.16 bits per heavy atom. The van der Waals surface area contributed by atoms with Crippen LogP contribution in [0.15, 0.2) is 18.2 Å². The van der Waals surface area contributed by atoms with Crippen LogP contribution in [0.2, 0.25) is 0 Å². The summed E-state index contributed by atoms with van der Waals surface area (Å²) < 4.78 is 11.4. The summed E-state index contributed by atoms with van der Waals surface area (Å²) in [4.78, 5) is 0. The second-order valence-corrected chi connectivity index (χ2v) is 5.18. The average molecular weight is 259 g/mol. The van der Waals surface area contributed by atoms with E-state index in [0.717, 1.165) is 42.7 Å². The highest BCUT2D eigenvalue weighted by atomic mass is 16.5. The fourth-order valence-corrected chi connectivity index (χ4v) is 2.60. The summed E-state index contributed by atoms with van der Waals surface area (Å²) in [6, 6.07) is 8.31. The number of hydrogen-bond donors (Lipinski definition) is 0. The van der Waals surface area contributed by atoms with Gasteiger partial charge in [0.15, 0.2) is 11.5 Å². The van der Waals surface area contributed by atoms with E-state index < -0.39 is 0 Å². The predicted molar refractivity (Wildman–Crippen MR) is 74.3 cm³/mol. The molecule has 1 aromatic carbocycles. The fraction of sp³-hybridized carbons (Fsp3) is 0.562. The Labute approximate surface area is 115 Å². The van der Waals surface area contributed by atoms with Crippen molar-refractivity contribution < 1.29 is 9.47 Å². The molecule has 0 N–H and O–H groups in total. The lowest BCUT2D eigenvalue weighted by Crippen LogP contribution is -2.25. The molecule has 2 unspecified atom stereocenters. The van der Waals surface area contributed by atoms with Crippen LogP contribution in [0.3, 0.4) is 0 Å². The number of rotatable bonds is 3. The van der Waals surface area contributed by atoms with E-state index in [1.807, 2.05) is 25.1 Å². The molecule has 3 heteroatoms. The van der Waals surface area contributed by atoms with Crippen molar-refractivity contribution in [3.8, 4) is 17.6 Å². The van der Waals surface area contributed by atoms with E-state index in [-0.39, 0.29) is 12.0 Å². The first-order valence-corrected chi connectivity index (χ1v) is 6.95. The zero-order chi connectivity index (χ0) is 13.7. The number of nitriles is 1. The van der Waals surface area contributed by atoms with Gasteiger partial charge in [-0.2, -0.15) is 5.26 Å². The van der Waals surface area contributed by atoms with E-state index in [4.69, 9.17) is 9.47 Å². The second kappa shape index (κ2) is 6.47. The molecule has 0 saturated heterocycles. The molecule has 1 saturated carbocycles. The van der Waals surface area contributed by atoms with Gasteiger partial charge in [0.2, 0.25) is 0 Å². The van der Waals surface area contributed by atoms with Gasteiger partial charge < -0.3 is 9.47 Å². The van der Waals surface area contributed by atoms with Gasteiger partial charge in [-0.05, 0) is 43.9 Å². The molecule has 1 aromatic rings. The molecular weight excluding hydrogens is 238 g/mol. The van der Waals surface area contributed by atoms with Gasteiger partial charge in [-0.1, -0.05) is 18.9 Å². The van der Waals surface area contributed by atoms with Crippen molar-refractivity contribution in [1.29, 1.82) is 5.26 Å². The SMILES string of the molecule is COc1cc(C)ccc1OC1CCCCCC1C#N. The van der Waals surface area contributed by atoms with Crippen molar-refractivity contribution in [2.24, 2.45) is 5.92 Å². The minimum Gasteiger partial charge on any atom is -0.493 e. The largest absolute Gasteiger partial charge is 0.493 e. The standard InChI is InChI=1S/C16H21NO2/c1-12-8-9-15(16(10-12)18-2)19-14-7-5-3-4-6-13(14)11-17/h8-10,13-14H,3-7H2,1-2H3. The van der Waals surface area contributed by atoms with Crippen LogP contribution in [0.4, 0.5) is 0 Å². The van der Waals surface area contributed by atoms with E-state index in [9.17, 15) is 5.26 Å². The molecule has 1 fully saturated rings. The van der Waals surface area contributed by atoms with Gasteiger partial charge in [0.1, 0.15) is 6.10 Å². The van der Waals surface area contributed by atoms with Crippen LogP contribution in [-0.2, 0) is 0 Å². The molecule has 0 spiro atoms. The molecular formula is C16H21NO2. The zero-order valence-electron chi connectivity index (χ0n) is 11.7. The predicted octanol–water partition coefficient (Wildman–Crippen LogP) is 3.85. The Bertz CT molecular complexity index is 464. The quantitative estimate of drug-likeness (QED) is 0.774. The van der Waals surface area contributed by atoms with Gasteiger partial charge in [-0.15, -0.1) is 0 Å².